The fourth-order valence-corrected chi connectivity index (χ4v) is 2.35. The minimum absolute atomic E-state index is 0.0639. The van der Waals surface area contributed by atoms with Crippen LogP contribution in [0, 0.1) is 0 Å². The van der Waals surface area contributed by atoms with Gasteiger partial charge in [-0.25, -0.2) is 4.79 Å². The highest BCUT2D eigenvalue weighted by Gasteiger charge is 2.31. The van der Waals surface area contributed by atoms with Gasteiger partial charge in [-0.05, 0) is 53.6 Å². The fourth-order valence-electron chi connectivity index (χ4n) is 2.35. The molecule has 0 saturated carbocycles. The molecular weight excluding hydrogens is 270 g/mol. The number of nitrogens with two attached hydrogens (primary N) is 1. The molecule has 3 N–H and O–H groups in total. The zero-order chi connectivity index (χ0) is 15.9. The summed E-state index contributed by atoms with van der Waals surface area (Å²) in [6, 6.07) is 0.377. The zero-order valence-corrected chi connectivity index (χ0v) is 13.9. The van der Waals surface area contributed by atoms with Crippen molar-refractivity contribution in [2.24, 2.45) is 5.73 Å². The summed E-state index contributed by atoms with van der Waals surface area (Å²) in [5.74, 6) is 0. The van der Waals surface area contributed by atoms with Crippen molar-refractivity contribution in [1.29, 1.82) is 0 Å². The maximum Gasteiger partial charge on any atom is 0.410 e. The molecule has 0 aromatic carbocycles. The third-order valence-electron chi connectivity index (χ3n) is 3.35. The number of nitrogens with one attached hydrogen (secondary N) is 1. The van der Waals surface area contributed by atoms with E-state index in [-0.39, 0.29) is 12.1 Å². The molecule has 124 valence electrons. The molecule has 1 aliphatic rings. The van der Waals surface area contributed by atoms with E-state index in [9.17, 15) is 4.79 Å². The van der Waals surface area contributed by atoms with E-state index in [1.807, 2.05) is 20.8 Å². The second-order valence-electron chi connectivity index (χ2n) is 6.64. The number of amides is 1. The summed E-state index contributed by atoms with van der Waals surface area (Å²) in [4.78, 5) is 14.1. The van der Waals surface area contributed by atoms with Gasteiger partial charge in [0.15, 0.2) is 0 Å². The molecule has 6 heteroatoms. The van der Waals surface area contributed by atoms with Crippen molar-refractivity contribution >= 4 is 6.09 Å². The molecule has 1 rings (SSSR count). The van der Waals surface area contributed by atoms with E-state index in [2.05, 4.69) is 12.2 Å². The third-order valence-corrected chi connectivity index (χ3v) is 3.35. The summed E-state index contributed by atoms with van der Waals surface area (Å²) in [5, 5.41) is 3.42. The van der Waals surface area contributed by atoms with Crippen molar-refractivity contribution in [2.45, 2.75) is 58.2 Å². The van der Waals surface area contributed by atoms with Gasteiger partial charge in [-0.15, -0.1) is 0 Å². The van der Waals surface area contributed by atoms with Crippen LogP contribution in [0.3, 0.4) is 0 Å². The zero-order valence-electron chi connectivity index (χ0n) is 13.9. The number of morpholine rings is 1. The lowest BCUT2D eigenvalue weighted by molar-refractivity contribution is -0.0355. The summed E-state index contributed by atoms with van der Waals surface area (Å²) >= 11 is 0. The normalized spacial score (nSPS) is 21.2. The molecule has 2 unspecified atom stereocenters. The van der Waals surface area contributed by atoms with Crippen molar-refractivity contribution in [2.75, 3.05) is 32.8 Å². The smallest absolute Gasteiger partial charge is 0.410 e. The molecule has 0 aromatic heterocycles. The second-order valence-corrected chi connectivity index (χ2v) is 6.64. The van der Waals surface area contributed by atoms with Crippen molar-refractivity contribution in [1.82, 2.24) is 10.2 Å². The van der Waals surface area contributed by atoms with Gasteiger partial charge in [0.1, 0.15) is 5.60 Å². The van der Waals surface area contributed by atoms with E-state index in [4.69, 9.17) is 15.2 Å². The van der Waals surface area contributed by atoms with Gasteiger partial charge in [0.05, 0.1) is 19.3 Å². The Hall–Kier alpha value is -0.850. The Bertz CT molecular complexity index is 318. The average molecular weight is 301 g/mol. The predicted molar refractivity (Wildman–Crippen MR) is 83.3 cm³/mol. The van der Waals surface area contributed by atoms with Crippen LogP contribution in [0.4, 0.5) is 4.79 Å². The highest BCUT2D eigenvalue weighted by atomic mass is 16.6. The van der Waals surface area contributed by atoms with Gasteiger partial charge in [-0.2, -0.15) is 0 Å². The molecule has 0 spiro atoms. The average Bonchev–Trinajstić information content (AvgIpc) is 2.37. The van der Waals surface area contributed by atoms with Gasteiger partial charge in [0.25, 0.3) is 0 Å². The van der Waals surface area contributed by atoms with E-state index in [0.717, 1.165) is 19.4 Å². The van der Waals surface area contributed by atoms with Crippen LogP contribution in [0.5, 0.6) is 0 Å². The molecule has 1 amide bonds. The Morgan fingerprint density at radius 3 is 2.86 bits per heavy atom. The minimum Gasteiger partial charge on any atom is -0.444 e. The number of ether oxygens (including phenoxy) is 2. The van der Waals surface area contributed by atoms with E-state index in [1.54, 1.807) is 4.90 Å². The maximum atomic E-state index is 12.3. The van der Waals surface area contributed by atoms with Crippen LogP contribution in [0.2, 0.25) is 0 Å². The Balaban J connectivity index is 2.50. The SMILES string of the molecule is CC(CC1COCCN1C(=O)OC(C)(C)C)NCCCN. The molecule has 0 aromatic rings. The van der Waals surface area contributed by atoms with Crippen LogP contribution in [-0.4, -0.2) is 61.5 Å². The summed E-state index contributed by atoms with van der Waals surface area (Å²) in [6.07, 6.45) is 1.57. The van der Waals surface area contributed by atoms with Gasteiger partial charge in [0.2, 0.25) is 0 Å². The standard InChI is InChI=1S/C15H31N3O3/c1-12(17-7-5-6-16)10-13-11-20-9-8-18(13)14(19)21-15(2,3)4/h12-13,17H,5-11,16H2,1-4H3. The Kier molecular flexibility index (Phi) is 7.42. The summed E-state index contributed by atoms with van der Waals surface area (Å²) in [6.45, 7) is 11.1. The van der Waals surface area contributed by atoms with Crippen LogP contribution >= 0.6 is 0 Å². The molecule has 1 heterocycles. The summed E-state index contributed by atoms with van der Waals surface area (Å²) < 4.78 is 11.0. The Morgan fingerprint density at radius 2 is 2.24 bits per heavy atom. The number of rotatable bonds is 6. The lowest BCUT2D eigenvalue weighted by atomic mass is 10.1. The second kappa shape index (κ2) is 8.56. The lowest BCUT2D eigenvalue weighted by Crippen LogP contribution is -2.52. The number of hydrogen-bond donors (Lipinski definition) is 2. The maximum absolute atomic E-state index is 12.3. The molecule has 6 nitrogen and oxygen atoms in total. The highest BCUT2D eigenvalue weighted by molar-refractivity contribution is 5.68. The fraction of sp³-hybridized carbons (Fsp3) is 0.933. The summed E-state index contributed by atoms with van der Waals surface area (Å²) in [5.41, 5.74) is 5.02. The molecule has 1 fully saturated rings. The van der Waals surface area contributed by atoms with Crippen LogP contribution in [0.1, 0.15) is 40.5 Å². The first-order valence-corrected chi connectivity index (χ1v) is 7.84. The molecule has 1 aliphatic heterocycles. The molecule has 0 radical (unpaired) electrons. The molecule has 21 heavy (non-hydrogen) atoms. The number of carbonyl (C=O) groups excluding carboxylic acids is 1. The first-order chi connectivity index (χ1) is 9.83. The Morgan fingerprint density at radius 1 is 1.52 bits per heavy atom. The lowest BCUT2D eigenvalue weighted by Gasteiger charge is -2.37. The van der Waals surface area contributed by atoms with E-state index < -0.39 is 5.60 Å². The van der Waals surface area contributed by atoms with Gasteiger partial charge in [-0.1, -0.05) is 0 Å². The molecular formula is C15H31N3O3. The third kappa shape index (κ3) is 7.11. The van der Waals surface area contributed by atoms with Crippen LogP contribution < -0.4 is 11.1 Å². The topological polar surface area (TPSA) is 76.8 Å². The minimum atomic E-state index is -0.467. The summed E-state index contributed by atoms with van der Waals surface area (Å²) in [7, 11) is 0. The van der Waals surface area contributed by atoms with Crippen LogP contribution in [0.15, 0.2) is 0 Å². The number of nitrogens with zero attached hydrogens (tertiary/aromatic N) is 1. The van der Waals surface area contributed by atoms with Gasteiger partial charge in [0, 0.05) is 12.6 Å². The predicted octanol–water partition coefficient (Wildman–Crippen LogP) is 1.34. The van der Waals surface area contributed by atoms with E-state index in [0.29, 0.717) is 32.3 Å². The van der Waals surface area contributed by atoms with Gasteiger partial charge < -0.3 is 25.4 Å². The van der Waals surface area contributed by atoms with Crippen molar-refractivity contribution in [3.63, 3.8) is 0 Å². The monoisotopic (exact) mass is 301 g/mol. The Labute approximate surface area is 128 Å². The first-order valence-electron chi connectivity index (χ1n) is 7.84. The highest BCUT2D eigenvalue weighted by Crippen LogP contribution is 2.17. The van der Waals surface area contributed by atoms with E-state index >= 15 is 0 Å². The largest absolute Gasteiger partial charge is 0.444 e. The van der Waals surface area contributed by atoms with E-state index in [1.165, 1.54) is 0 Å². The molecule has 2 atom stereocenters. The van der Waals surface area contributed by atoms with Crippen molar-refractivity contribution in [3.8, 4) is 0 Å². The number of carbonyl (C=O) groups is 1. The van der Waals surface area contributed by atoms with Crippen LogP contribution in [0.25, 0.3) is 0 Å². The van der Waals surface area contributed by atoms with Crippen molar-refractivity contribution in [3.05, 3.63) is 0 Å². The number of hydrogen-bond acceptors (Lipinski definition) is 5. The quantitative estimate of drug-likeness (QED) is 0.724. The van der Waals surface area contributed by atoms with Gasteiger partial charge in [-0.3, -0.25) is 0 Å². The molecule has 0 aliphatic carbocycles. The van der Waals surface area contributed by atoms with Gasteiger partial charge >= 0.3 is 6.09 Å². The van der Waals surface area contributed by atoms with Crippen molar-refractivity contribution < 1.29 is 14.3 Å². The van der Waals surface area contributed by atoms with Crippen LogP contribution in [-0.2, 0) is 9.47 Å². The molecule has 0 bridgehead atoms. The first kappa shape index (κ1) is 18.2. The molecule has 1 saturated heterocycles.